The molecule has 0 aliphatic rings. The molecule has 12 heteroatoms. The van der Waals surface area contributed by atoms with E-state index in [1.54, 1.807) is 0 Å². The molecule has 0 saturated heterocycles. The summed E-state index contributed by atoms with van der Waals surface area (Å²) >= 11 is 0. The molecule has 0 amide bonds. The Hall–Kier alpha value is 0.0174. The fourth-order valence-corrected chi connectivity index (χ4v) is 1.57. The molecule has 0 saturated carbocycles. The van der Waals surface area contributed by atoms with Crippen LogP contribution in [0.1, 0.15) is 0 Å². The van der Waals surface area contributed by atoms with E-state index in [0.717, 1.165) is 0 Å². The first-order valence-corrected chi connectivity index (χ1v) is 6.02. The zero-order chi connectivity index (χ0) is 14.7. The van der Waals surface area contributed by atoms with Crippen LogP contribution in [0.3, 0.4) is 0 Å². The van der Waals surface area contributed by atoms with Crippen molar-refractivity contribution in [1.29, 1.82) is 0 Å². The Kier molecular flexibility index (Phi) is 9.35. The van der Waals surface area contributed by atoms with Gasteiger partial charge in [-0.05, 0) is 0 Å². The zero-order valence-electron chi connectivity index (χ0n) is 8.49. The van der Waals surface area contributed by atoms with Gasteiger partial charge in [0.1, 0.15) is 5.75 Å². The van der Waals surface area contributed by atoms with Crippen LogP contribution in [0.2, 0.25) is 0 Å². The summed E-state index contributed by atoms with van der Waals surface area (Å²) in [5.74, 6) is -1.90. The quantitative estimate of drug-likeness (QED) is 0.436. The Bertz CT molecular complexity index is 355. The van der Waals surface area contributed by atoms with Gasteiger partial charge in [-0.25, -0.2) is 30.7 Å². The number of alkyl halides is 7. The summed E-state index contributed by atoms with van der Waals surface area (Å²) in [6.45, 7) is 0. The molecule has 0 spiro atoms. The average molecular weight is 314 g/mol. The van der Waals surface area contributed by atoms with E-state index < -0.39 is 53.2 Å². The van der Waals surface area contributed by atoms with E-state index in [9.17, 15) is 39.2 Å². The van der Waals surface area contributed by atoms with Crippen molar-refractivity contribution in [3.05, 3.63) is 0 Å². The molecule has 5 atom stereocenters. The third-order valence-corrected chi connectivity index (χ3v) is 2.61. The van der Waals surface area contributed by atoms with Crippen molar-refractivity contribution in [2.24, 2.45) is 0 Å². The predicted molar refractivity (Wildman–Crippen MR) is 54.0 cm³/mol. The van der Waals surface area contributed by atoms with Crippen LogP contribution in [0.4, 0.5) is 30.7 Å². The van der Waals surface area contributed by atoms with Crippen LogP contribution >= 0.6 is 0 Å². The molecule has 0 fully saturated rings. The first-order valence-electron chi connectivity index (χ1n) is 4.41. The maximum atomic E-state index is 12.8. The van der Waals surface area contributed by atoms with E-state index in [1.807, 2.05) is 0 Å². The molecular formula is C7H10F7LiO3S. The summed E-state index contributed by atoms with van der Waals surface area (Å²) in [5, 5.41) is 0. The molecule has 3 nitrogen and oxygen atoms in total. The van der Waals surface area contributed by atoms with Crippen molar-refractivity contribution in [3.63, 3.8) is 0 Å². The van der Waals surface area contributed by atoms with E-state index in [2.05, 4.69) is 0 Å². The van der Waals surface area contributed by atoms with Crippen LogP contribution in [0.25, 0.3) is 0 Å². The second kappa shape index (κ2) is 8.34. The van der Waals surface area contributed by atoms with Gasteiger partial charge in [-0.15, -0.1) is 0 Å². The molecule has 0 radical (unpaired) electrons. The second-order valence-electron chi connectivity index (χ2n) is 3.38. The number of halogens is 7. The van der Waals surface area contributed by atoms with Gasteiger partial charge in [0, 0.05) is 0 Å². The second-order valence-corrected chi connectivity index (χ2v) is 4.87. The summed E-state index contributed by atoms with van der Waals surface area (Å²) in [4.78, 5) is 0. The van der Waals surface area contributed by atoms with Crippen LogP contribution in [0.15, 0.2) is 0 Å². The van der Waals surface area contributed by atoms with Gasteiger partial charge in [0.2, 0.25) is 0 Å². The minimum absolute atomic E-state index is 0. The standard InChI is InChI=1S/C7H9F7O3S.Li.H/c8-2(1-18(15,16)17)3(9)4(10)5(11)6(12)7(13)14;;/h2-7H,1H2,(H,15,16,17);;. The summed E-state index contributed by atoms with van der Waals surface area (Å²) in [7, 11) is -5.01. The van der Waals surface area contributed by atoms with Crippen molar-refractivity contribution in [2.45, 2.75) is 37.3 Å². The molecule has 112 valence electrons. The third-order valence-electron chi connectivity index (χ3n) is 1.87. The van der Waals surface area contributed by atoms with E-state index in [4.69, 9.17) is 4.55 Å². The molecule has 0 aliphatic heterocycles. The van der Waals surface area contributed by atoms with E-state index in [1.165, 1.54) is 0 Å². The minimum atomic E-state index is -5.01. The van der Waals surface area contributed by atoms with Gasteiger partial charge in [-0.3, -0.25) is 4.55 Å². The SMILES string of the molecule is O=S(=O)(O)CC(F)C(F)C(F)C(F)C(F)C(F)F.[LiH]. The predicted octanol–water partition coefficient (Wildman–Crippen LogP) is 1.18. The van der Waals surface area contributed by atoms with Crippen LogP contribution in [0.5, 0.6) is 0 Å². The molecule has 0 bridgehead atoms. The van der Waals surface area contributed by atoms with E-state index in [-0.39, 0.29) is 18.9 Å². The van der Waals surface area contributed by atoms with Crippen molar-refractivity contribution in [2.75, 3.05) is 5.75 Å². The van der Waals surface area contributed by atoms with Crippen molar-refractivity contribution in [3.8, 4) is 0 Å². The number of rotatable bonds is 7. The van der Waals surface area contributed by atoms with E-state index >= 15 is 0 Å². The topological polar surface area (TPSA) is 54.4 Å². The van der Waals surface area contributed by atoms with Gasteiger partial charge in [0.15, 0.2) is 30.9 Å². The van der Waals surface area contributed by atoms with Gasteiger partial charge in [0.25, 0.3) is 16.5 Å². The molecular weight excluding hydrogens is 304 g/mol. The van der Waals surface area contributed by atoms with Crippen molar-refractivity contribution in [1.82, 2.24) is 0 Å². The molecule has 0 rings (SSSR count). The molecule has 0 aromatic heterocycles. The van der Waals surface area contributed by atoms with Crippen LogP contribution in [-0.2, 0) is 10.1 Å². The monoisotopic (exact) mass is 314 g/mol. The summed E-state index contributed by atoms with van der Waals surface area (Å²) in [6, 6.07) is 0. The molecule has 0 aromatic carbocycles. The average Bonchev–Trinajstić information content (AvgIpc) is 2.22. The summed E-state index contributed by atoms with van der Waals surface area (Å²) in [6.07, 6.45) is -21.6. The van der Waals surface area contributed by atoms with Gasteiger partial charge in [-0.1, -0.05) is 0 Å². The van der Waals surface area contributed by atoms with Crippen LogP contribution in [-0.4, -0.2) is 74.9 Å². The first kappa shape index (κ1) is 21.3. The summed E-state index contributed by atoms with van der Waals surface area (Å²) in [5.41, 5.74) is 0. The van der Waals surface area contributed by atoms with E-state index in [0.29, 0.717) is 0 Å². The Morgan fingerprint density at radius 2 is 1.16 bits per heavy atom. The molecule has 0 heterocycles. The van der Waals surface area contributed by atoms with Crippen molar-refractivity contribution < 1.29 is 43.7 Å². The molecule has 5 unspecified atom stereocenters. The van der Waals surface area contributed by atoms with Gasteiger partial charge >= 0.3 is 18.9 Å². The van der Waals surface area contributed by atoms with Gasteiger partial charge in [0.05, 0.1) is 0 Å². The fraction of sp³-hybridized carbons (Fsp3) is 1.00. The third kappa shape index (κ3) is 7.39. The van der Waals surface area contributed by atoms with Gasteiger partial charge in [-0.2, -0.15) is 8.42 Å². The zero-order valence-corrected chi connectivity index (χ0v) is 9.31. The Labute approximate surface area is 116 Å². The first-order chi connectivity index (χ1) is 7.97. The number of hydrogen-bond donors (Lipinski definition) is 1. The Morgan fingerprint density at radius 3 is 1.47 bits per heavy atom. The molecule has 0 aromatic rings. The van der Waals surface area contributed by atoms with Crippen LogP contribution < -0.4 is 0 Å². The molecule has 19 heavy (non-hydrogen) atoms. The molecule has 1 N–H and O–H groups in total. The van der Waals surface area contributed by atoms with Crippen LogP contribution in [0, 0.1) is 0 Å². The fourth-order valence-electron chi connectivity index (χ4n) is 0.983. The molecule has 0 aliphatic carbocycles. The number of hydrogen-bond acceptors (Lipinski definition) is 2. The Balaban J connectivity index is 0. The normalized spacial score (nSPS) is 20.3. The van der Waals surface area contributed by atoms with Crippen molar-refractivity contribution >= 4 is 29.0 Å². The maximum absolute atomic E-state index is 12.8. The Morgan fingerprint density at radius 1 is 0.789 bits per heavy atom. The van der Waals surface area contributed by atoms with Gasteiger partial charge < -0.3 is 0 Å². The summed E-state index contributed by atoms with van der Waals surface area (Å²) < 4.78 is 115.